The maximum Gasteiger partial charge on any atom is 0.0922 e. The van der Waals surface area contributed by atoms with Gasteiger partial charge in [0.05, 0.1) is 6.10 Å². The Morgan fingerprint density at radius 2 is 1.50 bits per heavy atom. The highest BCUT2D eigenvalue weighted by atomic mass is 16.3. The molecule has 1 unspecified atom stereocenters. The van der Waals surface area contributed by atoms with Gasteiger partial charge >= 0.3 is 0 Å². The quantitative estimate of drug-likeness (QED) is 0.914. The van der Waals surface area contributed by atoms with E-state index in [1.165, 1.54) is 16.7 Å². The Bertz CT molecular complexity index is 427. The van der Waals surface area contributed by atoms with Crippen LogP contribution >= 0.6 is 0 Å². The average Bonchev–Trinajstić information content (AvgIpc) is 2.38. The van der Waals surface area contributed by atoms with Crippen molar-refractivity contribution in [1.29, 1.82) is 0 Å². The smallest absolute Gasteiger partial charge is 0.0922 e. The third-order valence-corrected chi connectivity index (χ3v) is 4.41. The van der Waals surface area contributed by atoms with E-state index in [0.717, 1.165) is 44.8 Å². The van der Waals surface area contributed by atoms with Crippen molar-refractivity contribution in [3.05, 3.63) is 34.4 Å². The number of piperazine rings is 1. The lowest BCUT2D eigenvalue weighted by Crippen LogP contribution is -2.47. The number of benzene rings is 1. The lowest BCUT2D eigenvalue weighted by molar-refractivity contribution is 0.0738. The SMILES string of the molecule is CCN1CCN(CC(O)c2c(C)cc(C)cc2C)CC1. The highest BCUT2D eigenvalue weighted by molar-refractivity contribution is 5.39. The van der Waals surface area contributed by atoms with E-state index in [2.05, 4.69) is 49.6 Å². The van der Waals surface area contributed by atoms with Crippen LogP contribution in [0.2, 0.25) is 0 Å². The molecule has 2 rings (SSSR count). The summed E-state index contributed by atoms with van der Waals surface area (Å²) in [5.41, 5.74) is 4.81. The van der Waals surface area contributed by atoms with Crippen LogP contribution < -0.4 is 0 Å². The van der Waals surface area contributed by atoms with E-state index >= 15 is 0 Å². The Hall–Kier alpha value is -0.900. The molecule has 1 heterocycles. The summed E-state index contributed by atoms with van der Waals surface area (Å²) in [6.45, 7) is 14.8. The second-order valence-electron chi connectivity index (χ2n) is 6.06. The van der Waals surface area contributed by atoms with Crippen LogP contribution in [-0.2, 0) is 0 Å². The zero-order chi connectivity index (χ0) is 14.7. The van der Waals surface area contributed by atoms with E-state index < -0.39 is 0 Å². The number of rotatable bonds is 4. The largest absolute Gasteiger partial charge is 0.387 e. The predicted octanol–water partition coefficient (Wildman–Crippen LogP) is 2.28. The molecule has 0 radical (unpaired) electrons. The minimum absolute atomic E-state index is 0.372. The summed E-state index contributed by atoms with van der Waals surface area (Å²) in [5.74, 6) is 0. The predicted molar refractivity (Wildman–Crippen MR) is 84.2 cm³/mol. The number of nitrogens with zero attached hydrogens (tertiary/aromatic N) is 2. The molecule has 1 saturated heterocycles. The van der Waals surface area contributed by atoms with Gasteiger partial charge < -0.3 is 10.0 Å². The molecular formula is C17H28N2O. The van der Waals surface area contributed by atoms with Crippen molar-refractivity contribution in [2.45, 2.75) is 33.8 Å². The highest BCUT2D eigenvalue weighted by Crippen LogP contribution is 2.24. The molecule has 1 aliphatic rings. The first-order valence-corrected chi connectivity index (χ1v) is 7.71. The van der Waals surface area contributed by atoms with Crippen molar-refractivity contribution >= 4 is 0 Å². The molecule has 3 heteroatoms. The molecule has 20 heavy (non-hydrogen) atoms. The molecular weight excluding hydrogens is 248 g/mol. The first-order valence-electron chi connectivity index (χ1n) is 7.71. The first-order chi connectivity index (χ1) is 9.51. The molecule has 1 fully saturated rings. The van der Waals surface area contributed by atoms with Gasteiger partial charge in [-0.3, -0.25) is 4.90 Å². The van der Waals surface area contributed by atoms with Gasteiger partial charge in [-0.25, -0.2) is 0 Å². The van der Waals surface area contributed by atoms with Gasteiger partial charge in [-0.1, -0.05) is 24.6 Å². The van der Waals surface area contributed by atoms with Crippen molar-refractivity contribution < 1.29 is 5.11 Å². The number of aliphatic hydroxyl groups excluding tert-OH is 1. The van der Waals surface area contributed by atoms with E-state index in [9.17, 15) is 5.11 Å². The number of aliphatic hydroxyl groups is 1. The second kappa shape index (κ2) is 6.70. The van der Waals surface area contributed by atoms with Gasteiger partial charge in [0.1, 0.15) is 0 Å². The fourth-order valence-electron chi connectivity index (χ4n) is 3.34. The average molecular weight is 276 g/mol. The minimum atomic E-state index is -0.372. The number of aryl methyl sites for hydroxylation is 3. The highest BCUT2D eigenvalue weighted by Gasteiger charge is 2.21. The summed E-state index contributed by atoms with van der Waals surface area (Å²) in [5, 5.41) is 10.6. The lowest BCUT2D eigenvalue weighted by Gasteiger charge is -2.35. The fraction of sp³-hybridized carbons (Fsp3) is 0.647. The normalized spacial score (nSPS) is 19.2. The summed E-state index contributed by atoms with van der Waals surface area (Å²) in [7, 11) is 0. The van der Waals surface area contributed by atoms with E-state index in [1.807, 2.05) is 0 Å². The molecule has 3 nitrogen and oxygen atoms in total. The molecule has 0 aliphatic carbocycles. The fourth-order valence-corrected chi connectivity index (χ4v) is 3.34. The Morgan fingerprint density at radius 1 is 1.00 bits per heavy atom. The van der Waals surface area contributed by atoms with Gasteiger partial charge in [0.15, 0.2) is 0 Å². The van der Waals surface area contributed by atoms with Crippen LogP contribution in [0.4, 0.5) is 0 Å². The molecule has 0 aromatic heterocycles. The summed E-state index contributed by atoms with van der Waals surface area (Å²) in [6, 6.07) is 4.33. The number of β-amino-alcohol motifs (C(OH)–C–C–N with tert-alkyl or cyclic N) is 1. The van der Waals surface area contributed by atoms with E-state index in [-0.39, 0.29) is 6.10 Å². The molecule has 1 aliphatic heterocycles. The van der Waals surface area contributed by atoms with Crippen LogP contribution in [0.15, 0.2) is 12.1 Å². The van der Waals surface area contributed by atoms with Crippen LogP contribution in [0.3, 0.4) is 0 Å². The molecule has 1 N–H and O–H groups in total. The Balaban J connectivity index is 2.00. The lowest BCUT2D eigenvalue weighted by atomic mass is 9.95. The molecule has 112 valence electrons. The molecule has 0 amide bonds. The molecule has 0 saturated carbocycles. The molecule has 1 aromatic rings. The van der Waals surface area contributed by atoms with Crippen LogP contribution in [-0.4, -0.2) is 54.2 Å². The number of hydrogen-bond donors (Lipinski definition) is 1. The van der Waals surface area contributed by atoms with Gasteiger partial charge in [-0.2, -0.15) is 0 Å². The zero-order valence-electron chi connectivity index (χ0n) is 13.3. The molecule has 1 aromatic carbocycles. The third kappa shape index (κ3) is 3.60. The summed E-state index contributed by atoms with van der Waals surface area (Å²) in [6.07, 6.45) is -0.372. The van der Waals surface area contributed by atoms with Crippen LogP contribution in [0.5, 0.6) is 0 Å². The standard InChI is InChI=1S/C17H28N2O/c1-5-18-6-8-19(9-7-18)12-16(20)17-14(3)10-13(2)11-15(17)4/h10-11,16,20H,5-9,12H2,1-4H3. The van der Waals surface area contributed by atoms with Crippen LogP contribution in [0.1, 0.15) is 35.3 Å². The van der Waals surface area contributed by atoms with E-state index in [0.29, 0.717) is 0 Å². The summed E-state index contributed by atoms with van der Waals surface area (Å²) >= 11 is 0. The molecule has 0 spiro atoms. The first kappa shape index (κ1) is 15.5. The van der Waals surface area contributed by atoms with Crippen molar-refractivity contribution in [2.24, 2.45) is 0 Å². The van der Waals surface area contributed by atoms with Gasteiger partial charge in [-0.15, -0.1) is 0 Å². The van der Waals surface area contributed by atoms with Gasteiger partial charge in [0, 0.05) is 32.7 Å². The Labute approximate surface area is 123 Å². The molecule has 0 bridgehead atoms. The van der Waals surface area contributed by atoms with Gasteiger partial charge in [0.2, 0.25) is 0 Å². The topological polar surface area (TPSA) is 26.7 Å². The van der Waals surface area contributed by atoms with Gasteiger partial charge in [-0.05, 0) is 44.0 Å². The number of hydrogen-bond acceptors (Lipinski definition) is 3. The third-order valence-electron chi connectivity index (χ3n) is 4.41. The van der Waals surface area contributed by atoms with E-state index in [1.54, 1.807) is 0 Å². The maximum atomic E-state index is 10.6. The number of likely N-dealkylation sites (N-methyl/N-ethyl adjacent to an activating group) is 1. The van der Waals surface area contributed by atoms with Crippen molar-refractivity contribution in [1.82, 2.24) is 9.80 Å². The van der Waals surface area contributed by atoms with Crippen LogP contribution in [0, 0.1) is 20.8 Å². The van der Waals surface area contributed by atoms with Crippen molar-refractivity contribution in [3.63, 3.8) is 0 Å². The summed E-state index contributed by atoms with van der Waals surface area (Å²) in [4.78, 5) is 4.85. The maximum absolute atomic E-state index is 10.6. The van der Waals surface area contributed by atoms with E-state index in [4.69, 9.17) is 0 Å². The summed E-state index contributed by atoms with van der Waals surface area (Å²) < 4.78 is 0. The van der Waals surface area contributed by atoms with Crippen LogP contribution in [0.25, 0.3) is 0 Å². The Morgan fingerprint density at radius 3 is 2.00 bits per heavy atom. The zero-order valence-corrected chi connectivity index (χ0v) is 13.3. The van der Waals surface area contributed by atoms with Crippen molar-refractivity contribution in [2.75, 3.05) is 39.3 Å². The minimum Gasteiger partial charge on any atom is -0.387 e. The Kier molecular flexibility index (Phi) is 5.19. The monoisotopic (exact) mass is 276 g/mol. The van der Waals surface area contributed by atoms with Crippen molar-refractivity contribution in [3.8, 4) is 0 Å². The molecule has 1 atom stereocenters. The van der Waals surface area contributed by atoms with Gasteiger partial charge in [0.25, 0.3) is 0 Å². The second-order valence-corrected chi connectivity index (χ2v) is 6.06.